The summed E-state index contributed by atoms with van der Waals surface area (Å²) in [6.45, 7) is 6.71. The van der Waals surface area contributed by atoms with Gasteiger partial charge in [-0.2, -0.15) is 0 Å². The summed E-state index contributed by atoms with van der Waals surface area (Å²) >= 11 is 1.36. The zero-order valence-corrected chi connectivity index (χ0v) is 16.1. The Balaban J connectivity index is 0.00000182. The van der Waals surface area contributed by atoms with Crippen LogP contribution in [0, 0.1) is 12.3 Å². The molecule has 136 valence electrons. The van der Waals surface area contributed by atoms with Crippen molar-refractivity contribution in [1.29, 1.82) is 0 Å². The van der Waals surface area contributed by atoms with E-state index < -0.39 is 0 Å². The predicted molar refractivity (Wildman–Crippen MR) is 102 cm³/mol. The number of halogens is 1. The lowest BCUT2D eigenvalue weighted by atomic mass is 9.90. The smallest absolute Gasteiger partial charge is 0.264 e. The fourth-order valence-electron chi connectivity index (χ4n) is 3.79. The highest BCUT2D eigenvalue weighted by atomic mass is 35.5. The Hall–Kier alpha value is -1.44. The molecule has 2 aliphatic rings. The topological polar surface area (TPSA) is 81.2 Å². The molecular formula is C17H23ClN4O2S. The Labute approximate surface area is 156 Å². The number of aromatic nitrogens is 2. The molecule has 2 aliphatic heterocycles. The lowest BCUT2D eigenvalue weighted by molar-refractivity contribution is 0.0781. The largest absolute Gasteiger partial charge is 0.337 e. The van der Waals surface area contributed by atoms with Gasteiger partial charge < -0.3 is 10.6 Å². The van der Waals surface area contributed by atoms with Crippen molar-refractivity contribution in [2.75, 3.05) is 19.6 Å². The summed E-state index contributed by atoms with van der Waals surface area (Å²) in [5.74, 6) is 0.863. The van der Waals surface area contributed by atoms with Crippen molar-refractivity contribution in [3.8, 4) is 0 Å². The summed E-state index contributed by atoms with van der Waals surface area (Å²) in [4.78, 5) is 33.6. The first-order chi connectivity index (χ1) is 11.4. The van der Waals surface area contributed by atoms with Crippen LogP contribution in [0.4, 0.5) is 0 Å². The highest BCUT2D eigenvalue weighted by Crippen LogP contribution is 2.33. The number of carbonyl (C=O) groups excluding carboxylic acids is 1. The molecule has 2 N–H and O–H groups in total. The minimum atomic E-state index is -0.000777. The van der Waals surface area contributed by atoms with E-state index in [2.05, 4.69) is 11.9 Å². The van der Waals surface area contributed by atoms with Gasteiger partial charge in [-0.15, -0.1) is 23.7 Å². The van der Waals surface area contributed by atoms with Gasteiger partial charge in [0.05, 0.1) is 10.3 Å². The number of carbonyl (C=O) groups is 1. The quantitative estimate of drug-likeness (QED) is 0.860. The third kappa shape index (κ3) is 2.78. The number of amides is 1. The zero-order valence-electron chi connectivity index (χ0n) is 14.5. The monoisotopic (exact) mass is 382 g/mol. The van der Waals surface area contributed by atoms with Gasteiger partial charge in [0, 0.05) is 26.1 Å². The zero-order chi connectivity index (χ0) is 17.1. The van der Waals surface area contributed by atoms with Gasteiger partial charge in [0.1, 0.15) is 10.7 Å². The minimum absolute atomic E-state index is 0. The fourth-order valence-corrected chi connectivity index (χ4v) is 4.95. The molecule has 0 spiro atoms. The van der Waals surface area contributed by atoms with Gasteiger partial charge in [-0.25, -0.2) is 4.98 Å². The third-order valence-corrected chi connectivity index (χ3v) is 6.62. The summed E-state index contributed by atoms with van der Waals surface area (Å²) in [5.41, 5.74) is 6.63. The molecule has 6 nitrogen and oxygen atoms in total. The van der Waals surface area contributed by atoms with Gasteiger partial charge in [-0.1, -0.05) is 6.92 Å². The summed E-state index contributed by atoms with van der Waals surface area (Å²) in [5, 5.41) is 0.620. The molecule has 0 saturated carbocycles. The maximum atomic E-state index is 13.0. The van der Waals surface area contributed by atoms with E-state index in [4.69, 9.17) is 5.73 Å². The Bertz CT molecular complexity index is 906. The predicted octanol–water partition coefficient (Wildman–Crippen LogP) is 1.95. The second-order valence-corrected chi connectivity index (χ2v) is 8.32. The first kappa shape index (κ1) is 18.4. The molecule has 2 aromatic heterocycles. The summed E-state index contributed by atoms with van der Waals surface area (Å²) in [6.07, 6.45) is 2.73. The number of aryl methyl sites for hydroxylation is 2. The molecule has 0 aromatic carbocycles. The van der Waals surface area contributed by atoms with Crippen molar-refractivity contribution in [1.82, 2.24) is 14.5 Å². The average Bonchev–Trinajstić information content (AvgIpc) is 3.25. The second kappa shape index (κ2) is 6.37. The van der Waals surface area contributed by atoms with Crippen LogP contribution in [0.15, 0.2) is 4.79 Å². The Kier molecular flexibility index (Phi) is 4.68. The van der Waals surface area contributed by atoms with Crippen LogP contribution in [-0.4, -0.2) is 40.0 Å². The highest BCUT2D eigenvalue weighted by molar-refractivity contribution is 7.20. The summed E-state index contributed by atoms with van der Waals surface area (Å²) in [6, 6.07) is 0. The van der Waals surface area contributed by atoms with Gasteiger partial charge in [0.15, 0.2) is 0 Å². The molecule has 1 amide bonds. The number of hydrogen-bond donors (Lipinski definition) is 1. The van der Waals surface area contributed by atoms with Gasteiger partial charge >= 0.3 is 0 Å². The van der Waals surface area contributed by atoms with Gasteiger partial charge in [-0.3, -0.25) is 14.2 Å². The second-order valence-electron chi connectivity index (χ2n) is 7.32. The van der Waals surface area contributed by atoms with E-state index in [0.717, 1.165) is 43.7 Å². The van der Waals surface area contributed by atoms with E-state index in [0.29, 0.717) is 28.2 Å². The van der Waals surface area contributed by atoms with Crippen LogP contribution >= 0.6 is 23.7 Å². The summed E-state index contributed by atoms with van der Waals surface area (Å²) < 4.78 is 1.76. The van der Waals surface area contributed by atoms with Gasteiger partial charge in [0.2, 0.25) is 0 Å². The fraction of sp³-hybridized carbons (Fsp3) is 0.588. The molecule has 0 bridgehead atoms. The molecule has 2 aromatic rings. The molecule has 25 heavy (non-hydrogen) atoms. The molecule has 8 heteroatoms. The molecule has 4 heterocycles. The molecule has 1 fully saturated rings. The van der Waals surface area contributed by atoms with Crippen molar-refractivity contribution < 1.29 is 4.79 Å². The van der Waals surface area contributed by atoms with E-state index in [-0.39, 0.29) is 29.3 Å². The van der Waals surface area contributed by atoms with Crippen LogP contribution in [-0.2, 0) is 13.0 Å². The molecule has 1 atom stereocenters. The maximum Gasteiger partial charge on any atom is 0.264 e. The van der Waals surface area contributed by atoms with Crippen molar-refractivity contribution in [2.24, 2.45) is 11.1 Å². The van der Waals surface area contributed by atoms with Crippen LogP contribution in [0.25, 0.3) is 10.2 Å². The van der Waals surface area contributed by atoms with Crippen molar-refractivity contribution in [3.63, 3.8) is 0 Å². The normalized spacial score (nSPS) is 22.3. The average molecular weight is 383 g/mol. The van der Waals surface area contributed by atoms with Gasteiger partial charge in [-0.05, 0) is 37.3 Å². The van der Waals surface area contributed by atoms with Crippen LogP contribution < -0.4 is 11.3 Å². The van der Waals surface area contributed by atoms with Gasteiger partial charge in [0.25, 0.3) is 11.5 Å². The van der Waals surface area contributed by atoms with E-state index in [1.54, 1.807) is 4.57 Å². The standard InChI is InChI=1S/C17H22N4O2S.ClH/c1-10-12-14(19-11-4-3-6-21(11)15(12)22)24-13(10)16(23)20-7-5-17(2,8-18)9-20;/h3-9,18H2,1-2H3;1H. The van der Waals surface area contributed by atoms with Crippen LogP contribution in [0.1, 0.15) is 40.8 Å². The number of fused-ring (bicyclic) bond motifs is 2. The number of rotatable bonds is 2. The SMILES string of the molecule is Cc1c(C(=O)N2CCC(C)(CN)C2)sc2nc3n(c(=O)c12)CCC3.Cl. The van der Waals surface area contributed by atoms with E-state index in [1.165, 1.54) is 11.3 Å². The Morgan fingerprint density at radius 3 is 2.84 bits per heavy atom. The van der Waals surface area contributed by atoms with E-state index in [9.17, 15) is 9.59 Å². The van der Waals surface area contributed by atoms with Crippen molar-refractivity contribution >= 4 is 39.9 Å². The first-order valence-corrected chi connectivity index (χ1v) is 9.27. The highest BCUT2D eigenvalue weighted by Gasteiger charge is 2.36. The van der Waals surface area contributed by atoms with Crippen LogP contribution in [0.2, 0.25) is 0 Å². The first-order valence-electron chi connectivity index (χ1n) is 8.46. The van der Waals surface area contributed by atoms with Crippen molar-refractivity contribution in [3.05, 3.63) is 26.6 Å². The maximum absolute atomic E-state index is 13.0. The van der Waals surface area contributed by atoms with Crippen molar-refractivity contribution in [2.45, 2.75) is 39.7 Å². The van der Waals surface area contributed by atoms with E-state index >= 15 is 0 Å². The Morgan fingerprint density at radius 2 is 2.16 bits per heavy atom. The lowest BCUT2D eigenvalue weighted by Gasteiger charge is -2.22. The lowest BCUT2D eigenvalue weighted by Crippen LogP contribution is -2.34. The number of likely N-dealkylation sites (tertiary alicyclic amines) is 1. The third-order valence-electron chi connectivity index (χ3n) is 5.44. The molecule has 0 aliphatic carbocycles. The Morgan fingerprint density at radius 1 is 1.40 bits per heavy atom. The number of thiophene rings is 1. The van der Waals surface area contributed by atoms with E-state index in [1.807, 2.05) is 11.8 Å². The molecular weight excluding hydrogens is 360 g/mol. The summed E-state index contributed by atoms with van der Waals surface area (Å²) in [7, 11) is 0. The van der Waals surface area contributed by atoms with Crippen LogP contribution in [0.3, 0.4) is 0 Å². The number of nitrogens with two attached hydrogens (primary N) is 1. The molecule has 4 rings (SSSR count). The minimum Gasteiger partial charge on any atom is -0.337 e. The molecule has 0 radical (unpaired) electrons. The molecule has 1 unspecified atom stereocenters. The van der Waals surface area contributed by atoms with Crippen LogP contribution in [0.5, 0.6) is 0 Å². The number of hydrogen-bond acceptors (Lipinski definition) is 5. The number of nitrogens with zero attached hydrogens (tertiary/aromatic N) is 3. The molecule has 1 saturated heterocycles.